The number of nitro groups is 1. The SMILES string of the molecule is O=[N+]([O-])c1cc(Br)ccc1S(=O)(=O)Nc1cc(-n2cccc2)ccc1F. The maximum absolute atomic E-state index is 14.1. The van der Waals surface area contributed by atoms with Crippen molar-refractivity contribution in [1.82, 2.24) is 4.57 Å². The van der Waals surface area contributed by atoms with Gasteiger partial charge >= 0.3 is 0 Å². The van der Waals surface area contributed by atoms with Crippen LogP contribution >= 0.6 is 15.9 Å². The van der Waals surface area contributed by atoms with Crippen LogP contribution in [0, 0.1) is 15.9 Å². The van der Waals surface area contributed by atoms with Crippen LogP contribution in [0.3, 0.4) is 0 Å². The predicted molar refractivity (Wildman–Crippen MR) is 97.3 cm³/mol. The average Bonchev–Trinajstić information content (AvgIpc) is 3.11. The van der Waals surface area contributed by atoms with Crippen molar-refractivity contribution in [3.63, 3.8) is 0 Å². The number of rotatable bonds is 5. The number of hydrogen-bond acceptors (Lipinski definition) is 4. The molecule has 0 aliphatic heterocycles. The fourth-order valence-corrected chi connectivity index (χ4v) is 3.88. The fourth-order valence-electron chi connectivity index (χ4n) is 2.32. The van der Waals surface area contributed by atoms with E-state index in [4.69, 9.17) is 0 Å². The van der Waals surface area contributed by atoms with Crippen molar-refractivity contribution >= 4 is 37.3 Å². The summed E-state index contributed by atoms with van der Waals surface area (Å²) in [6.07, 6.45) is 3.43. The molecule has 0 saturated heterocycles. The molecule has 0 unspecified atom stereocenters. The highest BCUT2D eigenvalue weighted by molar-refractivity contribution is 9.10. The van der Waals surface area contributed by atoms with E-state index in [9.17, 15) is 22.9 Å². The zero-order valence-electron chi connectivity index (χ0n) is 13.0. The lowest BCUT2D eigenvalue weighted by Crippen LogP contribution is -2.16. The molecule has 0 aliphatic carbocycles. The van der Waals surface area contributed by atoms with Gasteiger partial charge in [-0.25, -0.2) is 12.8 Å². The number of nitrogens with one attached hydrogen (secondary N) is 1. The van der Waals surface area contributed by atoms with Crippen LogP contribution < -0.4 is 4.72 Å². The van der Waals surface area contributed by atoms with Crippen LogP contribution in [-0.4, -0.2) is 17.9 Å². The van der Waals surface area contributed by atoms with Crippen molar-refractivity contribution in [3.8, 4) is 5.69 Å². The second kappa shape index (κ2) is 6.89. The first-order valence-electron chi connectivity index (χ1n) is 7.17. The van der Waals surface area contributed by atoms with Gasteiger partial charge in [-0.3, -0.25) is 14.8 Å². The third-order valence-electron chi connectivity index (χ3n) is 3.50. The third kappa shape index (κ3) is 3.60. The molecule has 0 bridgehead atoms. The van der Waals surface area contributed by atoms with Crippen LogP contribution in [0.5, 0.6) is 0 Å². The number of sulfonamides is 1. The summed E-state index contributed by atoms with van der Waals surface area (Å²) in [6, 6.07) is 10.9. The quantitative estimate of drug-likeness (QED) is 0.478. The second-order valence-corrected chi connectivity index (χ2v) is 7.80. The number of nitro benzene ring substituents is 1. The Labute approximate surface area is 156 Å². The van der Waals surface area contributed by atoms with Gasteiger partial charge in [-0.15, -0.1) is 0 Å². The summed E-state index contributed by atoms with van der Waals surface area (Å²) in [7, 11) is -4.38. The highest BCUT2D eigenvalue weighted by Crippen LogP contribution is 2.30. The third-order valence-corrected chi connectivity index (χ3v) is 5.41. The molecule has 1 N–H and O–H groups in total. The summed E-state index contributed by atoms with van der Waals surface area (Å²) in [6.45, 7) is 0. The van der Waals surface area contributed by atoms with Gasteiger partial charge in [0.1, 0.15) is 5.82 Å². The molecule has 0 spiro atoms. The summed E-state index contributed by atoms with van der Waals surface area (Å²) in [5, 5.41) is 11.2. The maximum Gasteiger partial charge on any atom is 0.291 e. The van der Waals surface area contributed by atoms with Gasteiger partial charge in [0.05, 0.1) is 10.6 Å². The molecular weight excluding hydrogens is 429 g/mol. The van der Waals surface area contributed by atoms with Gasteiger partial charge in [-0.1, -0.05) is 15.9 Å². The lowest BCUT2D eigenvalue weighted by molar-refractivity contribution is -0.387. The van der Waals surface area contributed by atoms with E-state index in [1.165, 1.54) is 18.2 Å². The van der Waals surface area contributed by atoms with E-state index >= 15 is 0 Å². The number of hydrogen-bond donors (Lipinski definition) is 1. The van der Waals surface area contributed by atoms with Gasteiger partial charge in [0.15, 0.2) is 4.90 Å². The van der Waals surface area contributed by atoms with E-state index in [2.05, 4.69) is 20.7 Å². The monoisotopic (exact) mass is 439 g/mol. The molecule has 26 heavy (non-hydrogen) atoms. The van der Waals surface area contributed by atoms with E-state index in [-0.39, 0.29) is 5.69 Å². The summed E-state index contributed by atoms with van der Waals surface area (Å²) in [5.74, 6) is -0.802. The lowest BCUT2D eigenvalue weighted by Gasteiger charge is -2.11. The Morgan fingerprint density at radius 3 is 2.46 bits per heavy atom. The zero-order valence-corrected chi connectivity index (χ0v) is 15.4. The Morgan fingerprint density at radius 1 is 1.12 bits per heavy atom. The summed E-state index contributed by atoms with van der Waals surface area (Å²) < 4.78 is 43.4. The lowest BCUT2D eigenvalue weighted by atomic mass is 10.2. The van der Waals surface area contributed by atoms with E-state index in [0.29, 0.717) is 10.2 Å². The molecule has 2 aromatic carbocycles. The first-order valence-corrected chi connectivity index (χ1v) is 9.45. The van der Waals surface area contributed by atoms with Gasteiger partial charge < -0.3 is 4.57 Å². The van der Waals surface area contributed by atoms with Crippen LogP contribution in [0.25, 0.3) is 5.69 Å². The Bertz CT molecular complexity index is 1080. The Hall–Kier alpha value is -2.72. The van der Waals surface area contributed by atoms with Gasteiger partial charge in [-0.2, -0.15) is 0 Å². The van der Waals surface area contributed by atoms with E-state index in [1.54, 1.807) is 29.1 Å². The first-order chi connectivity index (χ1) is 12.3. The molecule has 3 aromatic rings. The molecule has 0 radical (unpaired) electrons. The molecule has 134 valence electrons. The number of nitrogens with zero attached hydrogens (tertiary/aromatic N) is 2. The van der Waals surface area contributed by atoms with Gasteiger partial charge in [0, 0.05) is 28.6 Å². The van der Waals surface area contributed by atoms with E-state index in [0.717, 1.165) is 18.2 Å². The smallest absolute Gasteiger partial charge is 0.291 e. The molecule has 0 aliphatic rings. The molecule has 0 fully saturated rings. The minimum atomic E-state index is -4.38. The standard InChI is InChI=1S/C16H11BrFN3O4S/c17-11-3-6-16(15(9-11)21(22)23)26(24,25)19-14-10-12(4-5-13(14)18)20-7-1-2-8-20/h1-10,19H. The predicted octanol–water partition coefficient (Wildman–Crippen LogP) is 4.09. The number of aromatic nitrogens is 1. The highest BCUT2D eigenvalue weighted by atomic mass is 79.9. The van der Waals surface area contributed by atoms with Crippen molar-refractivity contribution in [3.05, 3.63) is 81.3 Å². The van der Waals surface area contributed by atoms with Crippen LogP contribution in [0.2, 0.25) is 0 Å². The van der Waals surface area contributed by atoms with Crippen molar-refractivity contribution in [2.45, 2.75) is 4.90 Å². The summed E-state index contributed by atoms with van der Waals surface area (Å²) in [5.41, 5.74) is -0.401. The highest BCUT2D eigenvalue weighted by Gasteiger charge is 2.27. The number of benzene rings is 2. The molecule has 1 aromatic heterocycles. The van der Waals surface area contributed by atoms with Crippen molar-refractivity contribution < 1.29 is 17.7 Å². The van der Waals surface area contributed by atoms with Gasteiger partial charge in [0.2, 0.25) is 0 Å². The normalized spacial score (nSPS) is 11.3. The van der Waals surface area contributed by atoms with E-state index < -0.39 is 31.3 Å². The van der Waals surface area contributed by atoms with Crippen LogP contribution in [-0.2, 0) is 10.0 Å². The largest absolute Gasteiger partial charge is 0.324 e. The maximum atomic E-state index is 14.1. The zero-order chi connectivity index (χ0) is 18.9. The van der Waals surface area contributed by atoms with Crippen molar-refractivity contribution in [1.29, 1.82) is 0 Å². The molecule has 0 amide bonds. The molecule has 0 saturated carbocycles. The van der Waals surface area contributed by atoms with Crippen molar-refractivity contribution in [2.24, 2.45) is 0 Å². The molecule has 7 nitrogen and oxygen atoms in total. The number of halogens is 2. The fraction of sp³-hybridized carbons (Fsp3) is 0. The summed E-state index contributed by atoms with van der Waals surface area (Å²) in [4.78, 5) is 9.79. The first kappa shape index (κ1) is 18.1. The van der Waals surface area contributed by atoms with Crippen LogP contribution in [0.1, 0.15) is 0 Å². The van der Waals surface area contributed by atoms with Gasteiger partial charge in [-0.05, 0) is 42.5 Å². The van der Waals surface area contributed by atoms with Crippen LogP contribution in [0.15, 0.2) is 70.3 Å². The minimum Gasteiger partial charge on any atom is -0.324 e. The molecule has 3 rings (SSSR count). The van der Waals surface area contributed by atoms with Gasteiger partial charge in [0.25, 0.3) is 15.7 Å². The van der Waals surface area contributed by atoms with Crippen molar-refractivity contribution in [2.75, 3.05) is 4.72 Å². The molecule has 10 heteroatoms. The Morgan fingerprint density at radius 2 is 1.81 bits per heavy atom. The molecule has 0 atom stereocenters. The second-order valence-electron chi connectivity index (χ2n) is 5.23. The molecular formula is C16H11BrFN3O4S. The molecule has 1 heterocycles. The van der Waals surface area contributed by atoms with E-state index in [1.807, 2.05) is 0 Å². The average molecular weight is 440 g/mol. The topological polar surface area (TPSA) is 94.2 Å². The summed E-state index contributed by atoms with van der Waals surface area (Å²) >= 11 is 3.06. The minimum absolute atomic E-state index is 0.312. The Balaban J connectivity index is 2.04. The number of anilines is 1. The van der Waals surface area contributed by atoms with Crippen LogP contribution in [0.4, 0.5) is 15.8 Å². The Kier molecular flexibility index (Phi) is 4.79.